The van der Waals surface area contributed by atoms with E-state index in [1.165, 1.54) is 0 Å². The lowest BCUT2D eigenvalue weighted by atomic mass is 10.0. The predicted molar refractivity (Wildman–Crippen MR) is 80.1 cm³/mol. The quantitative estimate of drug-likeness (QED) is 0.589. The topological polar surface area (TPSA) is 75.4 Å². The third-order valence-corrected chi connectivity index (χ3v) is 3.77. The molecule has 0 spiro atoms. The monoisotopic (exact) mass is 282 g/mol. The third-order valence-electron chi connectivity index (χ3n) is 2.70. The molecule has 5 heteroatoms. The molecule has 1 rings (SSSR count). The summed E-state index contributed by atoms with van der Waals surface area (Å²) in [6.07, 6.45) is 1.19. The van der Waals surface area contributed by atoms with E-state index in [2.05, 4.69) is 5.32 Å². The van der Waals surface area contributed by atoms with Gasteiger partial charge in [0.25, 0.3) is 0 Å². The van der Waals surface area contributed by atoms with Gasteiger partial charge in [-0.1, -0.05) is 24.3 Å². The zero-order valence-electron chi connectivity index (χ0n) is 11.1. The van der Waals surface area contributed by atoms with Crippen molar-refractivity contribution in [1.29, 1.82) is 0 Å². The molecular formula is C14H22N2O2S. The molecule has 0 atom stereocenters. The molecule has 0 saturated carbocycles. The maximum absolute atomic E-state index is 11.8. The van der Waals surface area contributed by atoms with Crippen LogP contribution in [-0.2, 0) is 17.8 Å². The van der Waals surface area contributed by atoms with Gasteiger partial charge in [0.15, 0.2) is 0 Å². The summed E-state index contributed by atoms with van der Waals surface area (Å²) in [5, 5.41) is 11.5. The van der Waals surface area contributed by atoms with Crippen LogP contribution in [0.5, 0.6) is 0 Å². The molecule has 0 aliphatic carbocycles. The van der Waals surface area contributed by atoms with E-state index in [-0.39, 0.29) is 12.5 Å². The van der Waals surface area contributed by atoms with Crippen LogP contribution in [0, 0.1) is 0 Å². The smallest absolute Gasteiger partial charge is 0.224 e. The molecule has 0 heterocycles. The maximum atomic E-state index is 11.8. The predicted octanol–water partition coefficient (Wildman–Crippen LogP) is 0.920. The number of amides is 1. The number of aliphatic hydroxyl groups is 1. The Bertz CT molecular complexity index is 385. The summed E-state index contributed by atoms with van der Waals surface area (Å²) in [6, 6.07) is 7.75. The van der Waals surface area contributed by atoms with E-state index in [9.17, 15) is 4.79 Å². The summed E-state index contributed by atoms with van der Waals surface area (Å²) in [7, 11) is 0. The highest BCUT2D eigenvalue weighted by Crippen LogP contribution is 2.08. The zero-order chi connectivity index (χ0) is 13.9. The Labute approximate surface area is 118 Å². The van der Waals surface area contributed by atoms with E-state index in [4.69, 9.17) is 10.8 Å². The molecule has 0 aromatic heterocycles. The van der Waals surface area contributed by atoms with Crippen molar-refractivity contribution in [3.63, 3.8) is 0 Å². The minimum Gasteiger partial charge on any atom is -0.396 e. The number of carbonyl (C=O) groups excluding carboxylic acids is 1. The van der Waals surface area contributed by atoms with Gasteiger partial charge in [-0.3, -0.25) is 4.79 Å². The Kier molecular flexibility index (Phi) is 8.29. The normalized spacial score (nSPS) is 10.4. The van der Waals surface area contributed by atoms with Gasteiger partial charge in [-0.2, -0.15) is 11.8 Å². The number of benzene rings is 1. The van der Waals surface area contributed by atoms with E-state index in [0.717, 1.165) is 29.1 Å². The first kappa shape index (κ1) is 16.0. The number of hydrogen-bond acceptors (Lipinski definition) is 4. The summed E-state index contributed by atoms with van der Waals surface area (Å²) < 4.78 is 0. The van der Waals surface area contributed by atoms with Gasteiger partial charge >= 0.3 is 0 Å². The standard InChI is InChI=1S/C14H22N2O2S/c15-11-13-5-2-1-4-12(13)10-14(18)16-6-9-19-8-3-7-17/h1-2,4-5,17H,3,6-11,15H2,(H,16,18). The van der Waals surface area contributed by atoms with Crippen LogP contribution in [0.2, 0.25) is 0 Å². The number of nitrogens with two attached hydrogens (primary N) is 1. The van der Waals surface area contributed by atoms with Crippen LogP contribution in [0.3, 0.4) is 0 Å². The summed E-state index contributed by atoms with van der Waals surface area (Å²) in [5.74, 6) is 1.84. The summed E-state index contributed by atoms with van der Waals surface area (Å²) in [4.78, 5) is 11.8. The lowest BCUT2D eigenvalue weighted by Crippen LogP contribution is -2.27. The van der Waals surface area contributed by atoms with E-state index >= 15 is 0 Å². The summed E-state index contributed by atoms with van der Waals surface area (Å²) in [6.45, 7) is 1.36. The third kappa shape index (κ3) is 6.61. The van der Waals surface area contributed by atoms with Gasteiger partial charge in [-0.15, -0.1) is 0 Å². The second kappa shape index (κ2) is 9.83. The first-order valence-electron chi connectivity index (χ1n) is 6.50. The van der Waals surface area contributed by atoms with Gasteiger partial charge in [-0.05, 0) is 23.3 Å². The molecule has 0 bridgehead atoms. The molecule has 1 amide bonds. The van der Waals surface area contributed by atoms with Gasteiger partial charge in [-0.25, -0.2) is 0 Å². The average Bonchev–Trinajstić information content (AvgIpc) is 2.43. The minimum atomic E-state index is 0.0312. The minimum absolute atomic E-state index is 0.0312. The molecular weight excluding hydrogens is 260 g/mol. The second-order valence-corrected chi connectivity index (χ2v) is 5.41. The van der Waals surface area contributed by atoms with Gasteiger partial charge in [0.1, 0.15) is 0 Å². The fourth-order valence-electron chi connectivity index (χ4n) is 1.70. The van der Waals surface area contributed by atoms with Gasteiger partial charge in [0.05, 0.1) is 6.42 Å². The first-order valence-corrected chi connectivity index (χ1v) is 7.65. The number of hydrogen-bond donors (Lipinski definition) is 3. The maximum Gasteiger partial charge on any atom is 0.224 e. The molecule has 0 aliphatic rings. The van der Waals surface area contributed by atoms with Crippen LogP contribution < -0.4 is 11.1 Å². The highest BCUT2D eigenvalue weighted by atomic mass is 32.2. The van der Waals surface area contributed by atoms with Crippen LogP contribution in [0.15, 0.2) is 24.3 Å². The molecule has 4 N–H and O–H groups in total. The van der Waals surface area contributed by atoms with E-state index < -0.39 is 0 Å². The molecule has 0 unspecified atom stereocenters. The van der Waals surface area contributed by atoms with E-state index in [0.29, 0.717) is 19.5 Å². The van der Waals surface area contributed by atoms with Crippen LogP contribution in [-0.4, -0.2) is 35.7 Å². The molecule has 19 heavy (non-hydrogen) atoms. The first-order chi connectivity index (χ1) is 9.27. The van der Waals surface area contributed by atoms with Crippen molar-refractivity contribution < 1.29 is 9.90 Å². The Morgan fingerprint density at radius 2 is 2.00 bits per heavy atom. The van der Waals surface area contributed by atoms with Crippen LogP contribution in [0.25, 0.3) is 0 Å². The highest BCUT2D eigenvalue weighted by molar-refractivity contribution is 7.99. The fourth-order valence-corrected chi connectivity index (χ4v) is 2.48. The number of nitrogens with one attached hydrogen (secondary N) is 1. The number of rotatable bonds is 9. The van der Waals surface area contributed by atoms with Crippen LogP contribution in [0.1, 0.15) is 17.5 Å². The summed E-state index contributed by atoms with van der Waals surface area (Å²) >= 11 is 1.74. The van der Waals surface area contributed by atoms with Gasteiger partial charge in [0.2, 0.25) is 5.91 Å². The Balaban J connectivity index is 2.23. The van der Waals surface area contributed by atoms with Crippen molar-refractivity contribution in [2.45, 2.75) is 19.4 Å². The molecule has 1 aromatic rings. The Hall–Kier alpha value is -1.04. The highest BCUT2D eigenvalue weighted by Gasteiger charge is 2.06. The lowest BCUT2D eigenvalue weighted by Gasteiger charge is -2.08. The fraction of sp³-hybridized carbons (Fsp3) is 0.500. The van der Waals surface area contributed by atoms with Crippen molar-refractivity contribution in [2.24, 2.45) is 5.73 Å². The molecule has 4 nitrogen and oxygen atoms in total. The molecule has 0 aliphatic heterocycles. The number of thioether (sulfide) groups is 1. The van der Waals surface area contributed by atoms with Crippen LogP contribution in [0.4, 0.5) is 0 Å². The number of carbonyl (C=O) groups is 1. The average molecular weight is 282 g/mol. The second-order valence-electron chi connectivity index (χ2n) is 4.19. The van der Waals surface area contributed by atoms with Gasteiger partial charge < -0.3 is 16.2 Å². The van der Waals surface area contributed by atoms with Crippen molar-refractivity contribution >= 4 is 17.7 Å². The van der Waals surface area contributed by atoms with Crippen molar-refractivity contribution in [3.8, 4) is 0 Å². The van der Waals surface area contributed by atoms with Gasteiger partial charge in [0, 0.05) is 25.4 Å². The molecule has 0 fully saturated rings. The molecule has 1 aromatic carbocycles. The zero-order valence-corrected chi connectivity index (χ0v) is 11.9. The van der Waals surface area contributed by atoms with Crippen LogP contribution >= 0.6 is 11.8 Å². The summed E-state index contributed by atoms with van der Waals surface area (Å²) in [5.41, 5.74) is 7.66. The Morgan fingerprint density at radius 3 is 2.68 bits per heavy atom. The SMILES string of the molecule is NCc1ccccc1CC(=O)NCCSCCCO. The van der Waals surface area contributed by atoms with E-state index in [1.807, 2.05) is 24.3 Å². The lowest BCUT2D eigenvalue weighted by molar-refractivity contribution is -0.120. The molecule has 0 saturated heterocycles. The molecule has 0 radical (unpaired) electrons. The van der Waals surface area contributed by atoms with Crippen molar-refractivity contribution in [1.82, 2.24) is 5.32 Å². The van der Waals surface area contributed by atoms with E-state index in [1.54, 1.807) is 11.8 Å². The largest absolute Gasteiger partial charge is 0.396 e. The van der Waals surface area contributed by atoms with Crippen molar-refractivity contribution in [3.05, 3.63) is 35.4 Å². The Morgan fingerprint density at radius 1 is 1.26 bits per heavy atom. The number of aliphatic hydroxyl groups excluding tert-OH is 1. The molecule has 106 valence electrons. The van der Waals surface area contributed by atoms with Crippen molar-refractivity contribution in [2.75, 3.05) is 24.7 Å².